The molecule has 2 atom stereocenters. The molecule has 5 heteroatoms. The summed E-state index contributed by atoms with van der Waals surface area (Å²) in [7, 11) is 1.97. The SMILES string of the molecule is CCC(C)C(C)n1c(CCl)nc2c(C)nn(C)c21. The number of nitrogens with zero attached hydrogens (tertiary/aromatic N) is 4. The van der Waals surface area contributed by atoms with Gasteiger partial charge in [0.05, 0.1) is 11.6 Å². The van der Waals surface area contributed by atoms with Crippen LogP contribution in [0.2, 0.25) is 0 Å². The van der Waals surface area contributed by atoms with Gasteiger partial charge < -0.3 is 4.57 Å². The largest absolute Gasteiger partial charge is 0.309 e. The van der Waals surface area contributed by atoms with Crippen molar-refractivity contribution in [1.29, 1.82) is 0 Å². The first kappa shape index (κ1) is 13.4. The molecule has 0 N–H and O–H groups in total. The summed E-state index contributed by atoms with van der Waals surface area (Å²) >= 11 is 6.04. The molecule has 4 nitrogen and oxygen atoms in total. The molecule has 0 amide bonds. The van der Waals surface area contributed by atoms with Crippen LogP contribution in [-0.4, -0.2) is 19.3 Å². The van der Waals surface area contributed by atoms with Gasteiger partial charge in [0.2, 0.25) is 0 Å². The minimum Gasteiger partial charge on any atom is -0.309 e. The van der Waals surface area contributed by atoms with Crippen LogP contribution in [0.3, 0.4) is 0 Å². The summed E-state index contributed by atoms with van der Waals surface area (Å²) in [6.45, 7) is 8.70. The van der Waals surface area contributed by atoms with Crippen LogP contribution in [-0.2, 0) is 12.9 Å². The van der Waals surface area contributed by atoms with Crippen LogP contribution in [0.1, 0.15) is 44.8 Å². The van der Waals surface area contributed by atoms with Crippen LogP contribution in [0.4, 0.5) is 0 Å². The minimum atomic E-state index is 0.378. The molecule has 2 heterocycles. The number of aromatic nitrogens is 4. The zero-order chi connectivity index (χ0) is 13.4. The van der Waals surface area contributed by atoms with Crippen molar-refractivity contribution in [3.05, 3.63) is 11.5 Å². The van der Waals surface area contributed by atoms with E-state index < -0.39 is 0 Å². The van der Waals surface area contributed by atoms with Crippen molar-refractivity contribution in [3.8, 4) is 0 Å². The first-order valence-corrected chi connectivity index (χ1v) is 7.01. The smallest absolute Gasteiger partial charge is 0.158 e. The number of hydrogen-bond donors (Lipinski definition) is 0. The summed E-state index contributed by atoms with van der Waals surface area (Å²) in [5.74, 6) is 1.96. The van der Waals surface area contributed by atoms with Gasteiger partial charge in [0.15, 0.2) is 5.65 Å². The zero-order valence-corrected chi connectivity index (χ0v) is 12.5. The highest BCUT2D eigenvalue weighted by molar-refractivity contribution is 6.16. The molecule has 2 aromatic heterocycles. The third-order valence-electron chi connectivity index (χ3n) is 3.90. The Morgan fingerprint density at radius 1 is 1.33 bits per heavy atom. The maximum absolute atomic E-state index is 6.04. The molecule has 0 aliphatic rings. The second-order valence-corrected chi connectivity index (χ2v) is 5.31. The topological polar surface area (TPSA) is 35.6 Å². The summed E-state index contributed by atoms with van der Waals surface area (Å²) in [6, 6.07) is 0.378. The standard InChI is InChI=1S/C13H21ClN4/c1-6-8(2)10(4)18-11(7-14)15-12-9(3)16-17(5)13(12)18/h8,10H,6-7H2,1-5H3. The molecule has 100 valence electrons. The Morgan fingerprint density at radius 3 is 2.56 bits per heavy atom. The van der Waals surface area contributed by atoms with E-state index >= 15 is 0 Å². The molecule has 0 saturated carbocycles. The second kappa shape index (κ2) is 4.92. The normalized spacial score (nSPS) is 15.2. The van der Waals surface area contributed by atoms with Gasteiger partial charge in [-0.3, -0.25) is 4.68 Å². The Kier molecular flexibility index (Phi) is 3.66. The summed E-state index contributed by atoms with van der Waals surface area (Å²) in [5, 5.41) is 4.44. The van der Waals surface area contributed by atoms with E-state index in [9.17, 15) is 0 Å². The van der Waals surface area contributed by atoms with E-state index in [-0.39, 0.29) is 0 Å². The molecule has 0 fully saturated rings. The molecule has 0 aliphatic carbocycles. The van der Waals surface area contributed by atoms with Crippen LogP contribution in [0, 0.1) is 12.8 Å². The zero-order valence-electron chi connectivity index (χ0n) is 11.7. The first-order chi connectivity index (χ1) is 8.51. The van der Waals surface area contributed by atoms with E-state index in [0.717, 1.165) is 29.1 Å². The Hall–Kier alpha value is -1.03. The maximum Gasteiger partial charge on any atom is 0.158 e. The highest BCUT2D eigenvalue weighted by Crippen LogP contribution is 2.29. The summed E-state index contributed by atoms with van der Waals surface area (Å²) in [6.07, 6.45) is 1.14. The molecule has 0 radical (unpaired) electrons. The molecule has 0 saturated heterocycles. The Morgan fingerprint density at radius 2 is 2.00 bits per heavy atom. The van der Waals surface area contributed by atoms with Gasteiger partial charge in [-0.1, -0.05) is 20.3 Å². The van der Waals surface area contributed by atoms with Gasteiger partial charge in [-0.25, -0.2) is 4.98 Å². The third kappa shape index (κ3) is 1.92. The Labute approximate surface area is 113 Å². The van der Waals surface area contributed by atoms with Crippen molar-refractivity contribution in [2.75, 3.05) is 0 Å². The second-order valence-electron chi connectivity index (χ2n) is 5.04. The van der Waals surface area contributed by atoms with Gasteiger partial charge in [0.1, 0.15) is 11.3 Å². The fourth-order valence-corrected chi connectivity index (χ4v) is 2.65. The van der Waals surface area contributed by atoms with E-state index in [0.29, 0.717) is 17.8 Å². The van der Waals surface area contributed by atoms with Crippen LogP contribution in [0.25, 0.3) is 11.2 Å². The monoisotopic (exact) mass is 268 g/mol. The molecule has 18 heavy (non-hydrogen) atoms. The van der Waals surface area contributed by atoms with Gasteiger partial charge in [-0.15, -0.1) is 11.6 Å². The minimum absolute atomic E-state index is 0.378. The van der Waals surface area contributed by atoms with Gasteiger partial charge in [0, 0.05) is 13.1 Å². The van der Waals surface area contributed by atoms with Gasteiger partial charge in [-0.2, -0.15) is 5.10 Å². The van der Waals surface area contributed by atoms with Crippen LogP contribution >= 0.6 is 11.6 Å². The summed E-state index contributed by atoms with van der Waals surface area (Å²) in [4.78, 5) is 4.64. The molecular weight excluding hydrogens is 248 g/mol. The van der Waals surface area contributed by atoms with Crippen molar-refractivity contribution in [3.63, 3.8) is 0 Å². The fourth-order valence-electron chi connectivity index (χ4n) is 2.46. The third-order valence-corrected chi connectivity index (χ3v) is 4.14. The lowest BCUT2D eigenvalue weighted by atomic mass is 10.0. The van der Waals surface area contributed by atoms with E-state index in [1.54, 1.807) is 0 Å². The van der Waals surface area contributed by atoms with E-state index in [1.165, 1.54) is 0 Å². The lowest BCUT2D eigenvalue weighted by Crippen LogP contribution is -2.17. The van der Waals surface area contributed by atoms with Crippen LogP contribution in [0.5, 0.6) is 0 Å². The average Bonchev–Trinajstić information content (AvgIpc) is 2.86. The molecule has 0 aromatic carbocycles. The molecule has 0 spiro atoms. The number of hydrogen-bond acceptors (Lipinski definition) is 2. The van der Waals surface area contributed by atoms with E-state index in [4.69, 9.17) is 11.6 Å². The van der Waals surface area contributed by atoms with Gasteiger partial charge >= 0.3 is 0 Å². The highest BCUT2D eigenvalue weighted by atomic mass is 35.5. The molecule has 0 aliphatic heterocycles. The number of alkyl halides is 1. The van der Waals surface area contributed by atoms with Crippen molar-refractivity contribution in [2.45, 2.75) is 46.0 Å². The predicted molar refractivity (Wildman–Crippen MR) is 75.0 cm³/mol. The quantitative estimate of drug-likeness (QED) is 0.797. The number of fused-ring (bicyclic) bond motifs is 1. The Bertz CT molecular complexity index is 555. The first-order valence-electron chi connectivity index (χ1n) is 6.47. The number of aryl methyl sites for hydroxylation is 2. The highest BCUT2D eigenvalue weighted by Gasteiger charge is 2.22. The lowest BCUT2D eigenvalue weighted by molar-refractivity contribution is 0.367. The summed E-state index contributed by atoms with van der Waals surface area (Å²) in [5.41, 5.74) is 3.02. The molecular formula is C13H21ClN4. The van der Waals surface area contributed by atoms with E-state index in [1.807, 2.05) is 18.7 Å². The number of rotatable bonds is 4. The summed E-state index contributed by atoms with van der Waals surface area (Å²) < 4.78 is 4.16. The van der Waals surface area contributed by atoms with Crippen molar-refractivity contribution in [2.24, 2.45) is 13.0 Å². The number of halogens is 1. The number of imidazole rings is 1. The van der Waals surface area contributed by atoms with Crippen LogP contribution in [0.15, 0.2) is 0 Å². The maximum atomic E-state index is 6.04. The lowest BCUT2D eigenvalue weighted by Gasteiger charge is -2.22. The molecule has 2 unspecified atom stereocenters. The molecule has 0 bridgehead atoms. The Balaban J connectivity index is 2.66. The van der Waals surface area contributed by atoms with Crippen LogP contribution < -0.4 is 0 Å². The van der Waals surface area contributed by atoms with Crippen molar-refractivity contribution >= 4 is 22.8 Å². The average molecular weight is 269 g/mol. The fraction of sp³-hybridized carbons (Fsp3) is 0.692. The van der Waals surface area contributed by atoms with Crippen molar-refractivity contribution < 1.29 is 0 Å². The van der Waals surface area contributed by atoms with Gasteiger partial charge in [-0.05, 0) is 19.8 Å². The van der Waals surface area contributed by atoms with Gasteiger partial charge in [0.25, 0.3) is 0 Å². The predicted octanol–water partition coefficient (Wildman–Crippen LogP) is 3.42. The molecule has 2 aromatic rings. The van der Waals surface area contributed by atoms with E-state index in [2.05, 4.69) is 35.4 Å². The molecule has 2 rings (SSSR count). The van der Waals surface area contributed by atoms with Crippen molar-refractivity contribution in [1.82, 2.24) is 19.3 Å².